The maximum Gasteiger partial charge on any atom is 0.309 e. The smallest absolute Gasteiger partial charge is 0.309 e. The first-order valence-electron chi connectivity index (χ1n) is 8.99. The average Bonchev–Trinajstić information content (AvgIpc) is 2.61. The van der Waals surface area contributed by atoms with Crippen molar-refractivity contribution >= 4 is 17.5 Å². The zero-order chi connectivity index (χ0) is 19.1. The van der Waals surface area contributed by atoms with Gasteiger partial charge >= 0.3 is 11.8 Å². The molecule has 2 amide bonds. The molecule has 144 valence electrons. The Hall–Kier alpha value is -2.12. The van der Waals surface area contributed by atoms with Crippen molar-refractivity contribution in [3.05, 3.63) is 29.3 Å². The summed E-state index contributed by atoms with van der Waals surface area (Å²) < 4.78 is 4.86. The molecule has 0 saturated heterocycles. The average molecular weight is 362 g/mol. The standard InChI is InChI=1S/C19H30N4O3/c1-22(2)17(13-21-19(25)18(24)20-9-11-26-4)15-7-8-16-14(12-15)6-5-10-23(16)3/h7-8,12,17H,5-6,9-11,13H2,1-4H3,(H,20,24)(H,21,25)/t17-/m1/s1. The number of nitrogens with one attached hydrogen (secondary N) is 2. The maximum absolute atomic E-state index is 12.0. The van der Waals surface area contributed by atoms with Crippen LogP contribution in [0.25, 0.3) is 0 Å². The normalized spacial score (nSPS) is 14.7. The van der Waals surface area contributed by atoms with Gasteiger partial charge in [-0.15, -0.1) is 0 Å². The summed E-state index contributed by atoms with van der Waals surface area (Å²) >= 11 is 0. The summed E-state index contributed by atoms with van der Waals surface area (Å²) in [6, 6.07) is 6.49. The maximum atomic E-state index is 12.0. The fraction of sp³-hybridized carbons (Fsp3) is 0.579. The molecule has 26 heavy (non-hydrogen) atoms. The predicted octanol–water partition coefficient (Wildman–Crippen LogP) is 0.551. The van der Waals surface area contributed by atoms with Crippen LogP contribution in [-0.4, -0.2) is 71.2 Å². The van der Waals surface area contributed by atoms with Crippen LogP contribution in [0, 0.1) is 0 Å². The number of carbonyl (C=O) groups is 2. The van der Waals surface area contributed by atoms with Gasteiger partial charge in [0.1, 0.15) is 0 Å². The van der Waals surface area contributed by atoms with Crippen LogP contribution in [-0.2, 0) is 20.7 Å². The van der Waals surface area contributed by atoms with E-state index in [1.165, 1.54) is 11.3 Å². The van der Waals surface area contributed by atoms with Gasteiger partial charge in [-0.25, -0.2) is 0 Å². The molecule has 1 aliphatic rings. The van der Waals surface area contributed by atoms with Crippen molar-refractivity contribution in [3.63, 3.8) is 0 Å². The van der Waals surface area contributed by atoms with Crippen LogP contribution < -0.4 is 15.5 Å². The summed E-state index contributed by atoms with van der Waals surface area (Å²) in [4.78, 5) is 28.1. The lowest BCUT2D eigenvalue weighted by molar-refractivity contribution is -0.139. The van der Waals surface area contributed by atoms with E-state index in [0.717, 1.165) is 24.9 Å². The quantitative estimate of drug-likeness (QED) is 0.547. The molecule has 1 aliphatic heterocycles. The van der Waals surface area contributed by atoms with Crippen molar-refractivity contribution in [1.82, 2.24) is 15.5 Å². The van der Waals surface area contributed by atoms with Crippen LogP contribution in [0.3, 0.4) is 0 Å². The summed E-state index contributed by atoms with van der Waals surface area (Å²) in [5, 5.41) is 5.26. The number of fused-ring (bicyclic) bond motifs is 1. The predicted molar refractivity (Wildman–Crippen MR) is 102 cm³/mol. The van der Waals surface area contributed by atoms with E-state index in [1.807, 2.05) is 14.1 Å². The Morgan fingerprint density at radius 1 is 1.27 bits per heavy atom. The third-order valence-corrected chi connectivity index (χ3v) is 4.72. The number of ether oxygens (including phenoxy) is 1. The third kappa shape index (κ3) is 5.19. The number of hydrogen-bond donors (Lipinski definition) is 2. The third-order valence-electron chi connectivity index (χ3n) is 4.72. The van der Waals surface area contributed by atoms with Crippen LogP contribution in [0.2, 0.25) is 0 Å². The highest BCUT2D eigenvalue weighted by Crippen LogP contribution is 2.29. The number of benzene rings is 1. The van der Waals surface area contributed by atoms with E-state index in [9.17, 15) is 9.59 Å². The molecular formula is C19H30N4O3. The number of hydrogen-bond acceptors (Lipinski definition) is 5. The fourth-order valence-electron chi connectivity index (χ4n) is 3.23. The summed E-state index contributed by atoms with van der Waals surface area (Å²) in [5.41, 5.74) is 3.76. The molecule has 1 aromatic carbocycles. The SMILES string of the molecule is COCCNC(=O)C(=O)NC[C@H](c1ccc2c(c1)CCCN2C)N(C)C. The summed E-state index contributed by atoms with van der Waals surface area (Å²) in [7, 11) is 7.61. The van der Waals surface area contributed by atoms with Crippen LogP contribution in [0.5, 0.6) is 0 Å². The van der Waals surface area contributed by atoms with E-state index in [2.05, 4.69) is 45.7 Å². The number of carbonyl (C=O) groups excluding carboxylic acids is 2. The van der Waals surface area contributed by atoms with E-state index in [4.69, 9.17) is 4.74 Å². The van der Waals surface area contributed by atoms with Crippen LogP contribution in [0.4, 0.5) is 5.69 Å². The van der Waals surface area contributed by atoms with E-state index >= 15 is 0 Å². The van der Waals surface area contributed by atoms with E-state index < -0.39 is 11.8 Å². The molecule has 0 aliphatic carbocycles. The Balaban J connectivity index is 2.01. The first-order valence-corrected chi connectivity index (χ1v) is 8.99. The Morgan fingerprint density at radius 3 is 2.69 bits per heavy atom. The number of anilines is 1. The van der Waals surface area contributed by atoms with Crippen molar-refractivity contribution in [1.29, 1.82) is 0 Å². The lowest BCUT2D eigenvalue weighted by Crippen LogP contribution is -2.43. The van der Waals surface area contributed by atoms with Gasteiger partial charge in [0.25, 0.3) is 0 Å². The Morgan fingerprint density at radius 2 is 2.00 bits per heavy atom. The molecule has 0 fully saturated rings. The van der Waals surface area contributed by atoms with Gasteiger partial charge in [-0.3, -0.25) is 9.59 Å². The van der Waals surface area contributed by atoms with Crippen LogP contribution >= 0.6 is 0 Å². The van der Waals surface area contributed by atoms with Gasteiger partial charge in [0.15, 0.2) is 0 Å². The zero-order valence-corrected chi connectivity index (χ0v) is 16.2. The summed E-state index contributed by atoms with van der Waals surface area (Å²) in [5.74, 6) is -1.25. The van der Waals surface area contributed by atoms with Crippen molar-refractivity contribution in [2.24, 2.45) is 0 Å². The molecular weight excluding hydrogens is 332 g/mol. The number of amides is 2. The van der Waals surface area contributed by atoms with Gasteiger partial charge in [0.2, 0.25) is 0 Å². The van der Waals surface area contributed by atoms with E-state index in [0.29, 0.717) is 19.7 Å². The topological polar surface area (TPSA) is 73.9 Å². The fourth-order valence-corrected chi connectivity index (χ4v) is 3.23. The molecule has 0 aromatic heterocycles. The van der Waals surface area contributed by atoms with Gasteiger partial charge in [0, 0.05) is 39.5 Å². The molecule has 0 saturated carbocycles. The highest BCUT2D eigenvalue weighted by Gasteiger charge is 2.21. The van der Waals surface area contributed by atoms with Gasteiger partial charge in [-0.2, -0.15) is 0 Å². The summed E-state index contributed by atoms with van der Waals surface area (Å²) in [6.07, 6.45) is 2.22. The number of aryl methyl sites for hydroxylation is 1. The molecule has 7 heteroatoms. The molecule has 1 atom stereocenters. The lowest BCUT2D eigenvalue weighted by atomic mass is 9.96. The molecule has 0 radical (unpaired) electrons. The molecule has 7 nitrogen and oxygen atoms in total. The second-order valence-electron chi connectivity index (χ2n) is 6.85. The molecule has 0 bridgehead atoms. The van der Waals surface area contributed by atoms with Crippen LogP contribution in [0.15, 0.2) is 18.2 Å². The van der Waals surface area contributed by atoms with Gasteiger partial charge in [0.05, 0.1) is 12.6 Å². The van der Waals surface area contributed by atoms with Crippen molar-refractivity contribution in [2.75, 3.05) is 59.4 Å². The lowest BCUT2D eigenvalue weighted by Gasteiger charge is -2.30. The van der Waals surface area contributed by atoms with Crippen molar-refractivity contribution < 1.29 is 14.3 Å². The van der Waals surface area contributed by atoms with Gasteiger partial charge in [-0.05, 0) is 44.1 Å². The number of rotatable bonds is 7. The highest BCUT2D eigenvalue weighted by atomic mass is 16.5. The minimum absolute atomic E-state index is 0.00302. The zero-order valence-electron chi connectivity index (χ0n) is 16.2. The first kappa shape index (κ1) is 20.2. The number of methoxy groups -OCH3 is 1. The Kier molecular flexibility index (Phi) is 7.41. The van der Waals surface area contributed by atoms with Gasteiger partial charge in [-0.1, -0.05) is 12.1 Å². The second kappa shape index (κ2) is 9.54. The number of nitrogens with zero attached hydrogens (tertiary/aromatic N) is 2. The summed E-state index contributed by atoms with van der Waals surface area (Å²) in [6.45, 7) is 2.15. The monoisotopic (exact) mass is 362 g/mol. The second-order valence-corrected chi connectivity index (χ2v) is 6.85. The molecule has 1 aromatic rings. The minimum atomic E-state index is -0.633. The number of likely N-dealkylation sites (N-methyl/N-ethyl adjacent to an activating group) is 1. The molecule has 2 rings (SSSR count). The minimum Gasteiger partial charge on any atom is -0.383 e. The van der Waals surface area contributed by atoms with Crippen LogP contribution in [0.1, 0.15) is 23.6 Å². The Labute approximate surface area is 155 Å². The Bertz CT molecular complexity index is 633. The molecule has 1 heterocycles. The van der Waals surface area contributed by atoms with E-state index in [-0.39, 0.29) is 6.04 Å². The highest BCUT2D eigenvalue weighted by molar-refractivity contribution is 6.35. The first-order chi connectivity index (χ1) is 12.4. The molecule has 2 N–H and O–H groups in total. The van der Waals surface area contributed by atoms with E-state index in [1.54, 1.807) is 7.11 Å². The van der Waals surface area contributed by atoms with Crippen molar-refractivity contribution in [2.45, 2.75) is 18.9 Å². The molecule has 0 spiro atoms. The van der Waals surface area contributed by atoms with Crippen molar-refractivity contribution in [3.8, 4) is 0 Å². The van der Waals surface area contributed by atoms with Gasteiger partial charge < -0.3 is 25.2 Å². The largest absolute Gasteiger partial charge is 0.383 e. The molecule has 0 unspecified atom stereocenters.